The molecule has 152 valence electrons. The highest BCUT2D eigenvalue weighted by Crippen LogP contribution is 2.36. The number of aryl methyl sites for hydroxylation is 2. The van der Waals surface area contributed by atoms with Crippen LogP contribution in [0.2, 0.25) is 5.15 Å². The number of nitrogens with zero attached hydrogens (tertiary/aromatic N) is 1. The Labute approximate surface area is 176 Å². The summed E-state index contributed by atoms with van der Waals surface area (Å²) in [6.45, 7) is 1.93. The van der Waals surface area contributed by atoms with Crippen LogP contribution in [0.4, 0.5) is 4.39 Å². The molecule has 3 rings (SSSR count). The number of ether oxygens (including phenoxy) is 2. The van der Waals surface area contributed by atoms with Crippen molar-refractivity contribution in [1.29, 1.82) is 0 Å². The maximum atomic E-state index is 14.4. The molecule has 0 amide bonds. The number of halogens is 2. The molecule has 0 aliphatic rings. The van der Waals surface area contributed by atoms with E-state index in [4.69, 9.17) is 26.2 Å². The Balaban J connectivity index is 1.80. The zero-order valence-corrected chi connectivity index (χ0v) is 17.4. The quantitative estimate of drug-likeness (QED) is 0.504. The van der Waals surface area contributed by atoms with Crippen molar-refractivity contribution in [1.82, 2.24) is 4.37 Å². The molecule has 3 aromatic rings. The van der Waals surface area contributed by atoms with E-state index in [-0.39, 0.29) is 24.0 Å². The van der Waals surface area contributed by atoms with Gasteiger partial charge >= 0.3 is 5.97 Å². The monoisotopic (exact) mass is 435 g/mol. The van der Waals surface area contributed by atoms with Gasteiger partial charge in [0.2, 0.25) is 0 Å². The van der Waals surface area contributed by atoms with E-state index < -0.39 is 5.97 Å². The lowest BCUT2D eigenvalue weighted by atomic mass is 10.1. The van der Waals surface area contributed by atoms with Crippen LogP contribution in [0.25, 0.3) is 10.4 Å². The van der Waals surface area contributed by atoms with Crippen molar-refractivity contribution in [3.63, 3.8) is 0 Å². The molecular weight excluding hydrogens is 417 g/mol. The Morgan fingerprint density at radius 2 is 2.07 bits per heavy atom. The van der Waals surface area contributed by atoms with Crippen molar-refractivity contribution < 1.29 is 23.8 Å². The number of carboxylic acid groups (broad SMARTS) is 1. The third-order valence-corrected chi connectivity index (χ3v) is 5.69. The maximum Gasteiger partial charge on any atom is 0.303 e. The standard InChI is InChI=1S/C21H19ClFNO4S/c1-12-3-7-15(17(23)9-12)20-16(21(22)24-29-20)11-28-14-6-4-13(5-8-19(25)26)18(10-14)27-2/h3-4,6-7,9-10H,5,8,11H2,1-2H3,(H,25,26). The van der Waals surface area contributed by atoms with Gasteiger partial charge in [0, 0.05) is 23.6 Å². The molecule has 1 aromatic heterocycles. The van der Waals surface area contributed by atoms with Crippen molar-refractivity contribution in [2.75, 3.05) is 7.11 Å². The minimum absolute atomic E-state index is 0.0121. The van der Waals surface area contributed by atoms with Crippen LogP contribution in [0.1, 0.15) is 23.1 Å². The topological polar surface area (TPSA) is 68.7 Å². The van der Waals surface area contributed by atoms with E-state index >= 15 is 0 Å². The zero-order valence-electron chi connectivity index (χ0n) is 15.9. The molecule has 8 heteroatoms. The largest absolute Gasteiger partial charge is 0.496 e. The molecule has 0 radical (unpaired) electrons. The lowest BCUT2D eigenvalue weighted by molar-refractivity contribution is -0.136. The molecule has 29 heavy (non-hydrogen) atoms. The first-order chi connectivity index (χ1) is 13.9. The number of hydrogen-bond donors (Lipinski definition) is 1. The first-order valence-corrected chi connectivity index (χ1v) is 9.96. The van der Waals surface area contributed by atoms with Gasteiger partial charge in [0.1, 0.15) is 29.1 Å². The van der Waals surface area contributed by atoms with E-state index in [1.807, 2.05) is 13.0 Å². The number of benzene rings is 2. The summed E-state index contributed by atoms with van der Waals surface area (Å²) in [4.78, 5) is 11.4. The smallest absolute Gasteiger partial charge is 0.303 e. The highest BCUT2D eigenvalue weighted by atomic mass is 35.5. The molecule has 0 spiro atoms. The molecule has 0 aliphatic carbocycles. The van der Waals surface area contributed by atoms with Crippen LogP contribution in [0.15, 0.2) is 36.4 Å². The summed E-state index contributed by atoms with van der Waals surface area (Å²) in [5.41, 5.74) is 2.64. The van der Waals surface area contributed by atoms with E-state index in [1.165, 1.54) is 13.2 Å². The van der Waals surface area contributed by atoms with Crippen molar-refractivity contribution in [3.05, 3.63) is 64.1 Å². The summed E-state index contributed by atoms with van der Waals surface area (Å²) in [5.74, 6) is -0.138. The van der Waals surface area contributed by atoms with Gasteiger partial charge in [-0.2, -0.15) is 4.37 Å². The zero-order chi connectivity index (χ0) is 21.0. The Morgan fingerprint density at radius 3 is 2.76 bits per heavy atom. The van der Waals surface area contributed by atoms with Crippen molar-refractivity contribution >= 4 is 29.1 Å². The minimum atomic E-state index is -0.872. The molecule has 0 unspecified atom stereocenters. The van der Waals surface area contributed by atoms with Gasteiger partial charge in [0.05, 0.1) is 12.0 Å². The number of methoxy groups -OCH3 is 1. The molecule has 0 bridgehead atoms. The predicted octanol–water partition coefficient (Wildman–Crippen LogP) is 5.52. The number of aliphatic carboxylic acids is 1. The Bertz CT molecular complexity index is 1040. The molecule has 1 heterocycles. The van der Waals surface area contributed by atoms with Crippen LogP contribution < -0.4 is 9.47 Å². The number of rotatable bonds is 8. The van der Waals surface area contributed by atoms with Gasteiger partial charge in [-0.15, -0.1) is 0 Å². The second-order valence-electron chi connectivity index (χ2n) is 6.42. The molecule has 0 fully saturated rings. The third kappa shape index (κ3) is 5.05. The highest BCUT2D eigenvalue weighted by Gasteiger charge is 2.18. The van der Waals surface area contributed by atoms with Crippen LogP contribution in [-0.2, 0) is 17.8 Å². The summed E-state index contributed by atoms with van der Waals surface area (Å²) >= 11 is 7.34. The van der Waals surface area contributed by atoms with Crippen LogP contribution >= 0.6 is 23.1 Å². The number of carbonyl (C=O) groups is 1. The van der Waals surface area contributed by atoms with Gasteiger partial charge in [-0.3, -0.25) is 4.79 Å². The molecule has 0 saturated carbocycles. The molecular formula is C21H19ClFNO4S. The van der Waals surface area contributed by atoms with Crippen LogP contribution in [-0.4, -0.2) is 22.6 Å². The lowest BCUT2D eigenvalue weighted by Gasteiger charge is -2.12. The van der Waals surface area contributed by atoms with Gasteiger partial charge in [0.25, 0.3) is 0 Å². The molecule has 2 aromatic carbocycles. The van der Waals surface area contributed by atoms with Crippen molar-refractivity contribution in [2.24, 2.45) is 0 Å². The predicted molar refractivity (Wildman–Crippen MR) is 111 cm³/mol. The highest BCUT2D eigenvalue weighted by molar-refractivity contribution is 7.10. The summed E-state index contributed by atoms with van der Waals surface area (Å²) in [5, 5.41) is 9.13. The maximum absolute atomic E-state index is 14.4. The van der Waals surface area contributed by atoms with Crippen molar-refractivity contribution in [2.45, 2.75) is 26.4 Å². The SMILES string of the molecule is COc1cc(OCc2c(Cl)nsc2-c2ccc(C)cc2F)ccc1CCC(=O)O. The first-order valence-electron chi connectivity index (χ1n) is 8.81. The molecule has 0 atom stereocenters. The molecule has 0 aliphatic heterocycles. The van der Waals surface area contributed by atoms with Gasteiger partial charge in [-0.05, 0) is 48.1 Å². The fourth-order valence-electron chi connectivity index (χ4n) is 2.85. The summed E-state index contributed by atoms with van der Waals surface area (Å²) < 4.78 is 29.7. The Morgan fingerprint density at radius 1 is 1.28 bits per heavy atom. The Hall–Kier alpha value is -2.64. The average Bonchev–Trinajstić information content (AvgIpc) is 3.05. The first kappa shape index (κ1) is 21.1. The third-order valence-electron chi connectivity index (χ3n) is 4.36. The molecule has 5 nitrogen and oxygen atoms in total. The molecule has 1 N–H and O–H groups in total. The summed E-state index contributed by atoms with van der Waals surface area (Å²) in [6.07, 6.45) is 0.369. The van der Waals surface area contributed by atoms with Crippen LogP contribution in [0, 0.1) is 12.7 Å². The van der Waals surface area contributed by atoms with E-state index in [0.717, 1.165) is 22.7 Å². The fourth-order valence-corrected chi connectivity index (χ4v) is 3.97. The van der Waals surface area contributed by atoms with E-state index in [9.17, 15) is 9.18 Å². The summed E-state index contributed by atoms with van der Waals surface area (Å²) in [6, 6.07) is 10.2. The second-order valence-corrected chi connectivity index (χ2v) is 7.55. The van der Waals surface area contributed by atoms with Gasteiger partial charge in [0.15, 0.2) is 0 Å². The second kappa shape index (κ2) is 9.24. The van der Waals surface area contributed by atoms with E-state index in [2.05, 4.69) is 4.37 Å². The van der Waals surface area contributed by atoms with Gasteiger partial charge in [-0.1, -0.05) is 29.8 Å². The number of hydrogen-bond acceptors (Lipinski definition) is 5. The minimum Gasteiger partial charge on any atom is -0.496 e. The van der Waals surface area contributed by atoms with Crippen molar-refractivity contribution in [3.8, 4) is 21.9 Å². The molecule has 0 saturated heterocycles. The fraction of sp³-hybridized carbons (Fsp3) is 0.238. The average molecular weight is 436 g/mol. The normalized spacial score (nSPS) is 10.8. The van der Waals surface area contributed by atoms with Crippen LogP contribution in [0.5, 0.6) is 11.5 Å². The lowest BCUT2D eigenvalue weighted by Crippen LogP contribution is -2.01. The Kier molecular flexibility index (Phi) is 6.71. The summed E-state index contributed by atoms with van der Waals surface area (Å²) in [7, 11) is 1.52. The number of carboxylic acids is 1. The van der Waals surface area contributed by atoms with Gasteiger partial charge < -0.3 is 14.6 Å². The van der Waals surface area contributed by atoms with E-state index in [0.29, 0.717) is 33.9 Å². The van der Waals surface area contributed by atoms with E-state index in [1.54, 1.807) is 24.3 Å². The number of aromatic nitrogens is 1. The van der Waals surface area contributed by atoms with Crippen LogP contribution in [0.3, 0.4) is 0 Å². The van der Waals surface area contributed by atoms with Gasteiger partial charge in [-0.25, -0.2) is 4.39 Å².